The molecule has 0 bridgehead atoms. The van der Waals surface area contributed by atoms with Crippen LogP contribution in [0.2, 0.25) is 0 Å². The summed E-state index contributed by atoms with van der Waals surface area (Å²) in [4.78, 5) is 2.32. The number of para-hydroxylation sites is 1. The molecule has 1 unspecified atom stereocenters. The summed E-state index contributed by atoms with van der Waals surface area (Å²) in [5.74, 6) is 1.66. The third kappa shape index (κ3) is 2.03. The maximum absolute atomic E-state index is 5.73. The number of benzene rings is 2. The van der Waals surface area contributed by atoms with Crippen LogP contribution in [0.1, 0.15) is 29.7 Å². The summed E-state index contributed by atoms with van der Waals surface area (Å²) in [5, 5.41) is 0. The number of hydrogen-bond acceptors (Lipinski definition) is 4. The molecule has 4 nitrogen and oxygen atoms in total. The fourth-order valence-electron chi connectivity index (χ4n) is 3.44. The number of nitrogens with zero attached hydrogens (tertiary/aromatic N) is 1. The first-order valence-corrected chi connectivity index (χ1v) is 7.52. The number of ether oxygens (including phenoxy) is 3. The molecule has 2 aromatic carbocycles. The zero-order valence-electron chi connectivity index (χ0n) is 12.8. The lowest BCUT2D eigenvalue weighted by Crippen LogP contribution is -2.31. The van der Waals surface area contributed by atoms with Gasteiger partial charge >= 0.3 is 0 Å². The Labute approximate surface area is 130 Å². The smallest absolute Gasteiger partial charge is 0.231 e. The molecule has 0 radical (unpaired) electrons. The Morgan fingerprint density at radius 3 is 2.77 bits per heavy atom. The number of fused-ring (bicyclic) bond motifs is 2. The van der Waals surface area contributed by atoms with Crippen LogP contribution in [0.3, 0.4) is 0 Å². The number of methoxy groups -OCH3 is 1. The highest BCUT2D eigenvalue weighted by molar-refractivity contribution is 5.59. The van der Waals surface area contributed by atoms with Gasteiger partial charge in [-0.15, -0.1) is 0 Å². The zero-order chi connectivity index (χ0) is 15.1. The van der Waals surface area contributed by atoms with E-state index in [1.165, 1.54) is 16.8 Å². The van der Waals surface area contributed by atoms with Crippen molar-refractivity contribution >= 4 is 5.69 Å². The molecular formula is C18H19NO3. The fraction of sp³-hybridized carbons (Fsp3) is 0.333. The molecule has 4 rings (SSSR count). The van der Waals surface area contributed by atoms with Crippen molar-refractivity contribution in [2.24, 2.45) is 0 Å². The van der Waals surface area contributed by atoms with Crippen molar-refractivity contribution in [1.82, 2.24) is 0 Å². The molecule has 2 aromatic rings. The highest BCUT2D eigenvalue weighted by Crippen LogP contribution is 2.45. The van der Waals surface area contributed by atoms with Crippen molar-refractivity contribution in [1.29, 1.82) is 0 Å². The summed E-state index contributed by atoms with van der Waals surface area (Å²) >= 11 is 0. The van der Waals surface area contributed by atoms with E-state index in [1.807, 2.05) is 6.07 Å². The van der Waals surface area contributed by atoms with Crippen molar-refractivity contribution in [3.05, 3.63) is 53.6 Å². The molecule has 0 aromatic heterocycles. The lowest BCUT2D eigenvalue weighted by molar-refractivity contribution is 0.0841. The summed E-state index contributed by atoms with van der Waals surface area (Å²) in [7, 11) is 3.92. The van der Waals surface area contributed by atoms with Gasteiger partial charge in [-0.3, -0.25) is 0 Å². The normalized spacial score (nSPS) is 22.5. The Kier molecular flexibility index (Phi) is 3.19. The first kappa shape index (κ1) is 13.5. The van der Waals surface area contributed by atoms with Crippen LogP contribution in [0.25, 0.3) is 0 Å². The van der Waals surface area contributed by atoms with Crippen LogP contribution >= 0.6 is 0 Å². The Hall–Kier alpha value is -2.20. The summed E-state index contributed by atoms with van der Waals surface area (Å²) in [5.41, 5.74) is 3.70. The Morgan fingerprint density at radius 1 is 1.09 bits per heavy atom. The lowest BCUT2D eigenvalue weighted by atomic mass is 9.89. The Balaban J connectivity index is 1.74. The summed E-state index contributed by atoms with van der Waals surface area (Å²) in [6.45, 7) is 0.308. The van der Waals surface area contributed by atoms with Gasteiger partial charge in [0, 0.05) is 31.8 Å². The van der Waals surface area contributed by atoms with E-state index in [0.717, 1.165) is 17.9 Å². The molecule has 0 saturated carbocycles. The van der Waals surface area contributed by atoms with E-state index in [1.54, 1.807) is 7.11 Å². The van der Waals surface area contributed by atoms with Gasteiger partial charge in [-0.05, 0) is 23.8 Å². The first-order chi connectivity index (χ1) is 10.8. The predicted molar refractivity (Wildman–Crippen MR) is 84.5 cm³/mol. The van der Waals surface area contributed by atoms with Crippen molar-refractivity contribution in [2.75, 3.05) is 25.9 Å². The molecule has 0 amide bonds. The quantitative estimate of drug-likeness (QED) is 0.846. The largest absolute Gasteiger partial charge is 0.454 e. The van der Waals surface area contributed by atoms with Crippen LogP contribution in [0.5, 0.6) is 11.5 Å². The molecular weight excluding hydrogens is 278 g/mol. The second-order valence-electron chi connectivity index (χ2n) is 5.76. The van der Waals surface area contributed by atoms with E-state index < -0.39 is 0 Å². The second kappa shape index (κ2) is 5.21. The van der Waals surface area contributed by atoms with Gasteiger partial charge in [0.25, 0.3) is 0 Å². The van der Waals surface area contributed by atoms with Gasteiger partial charge in [0.2, 0.25) is 6.79 Å². The minimum atomic E-state index is 0.114. The van der Waals surface area contributed by atoms with Gasteiger partial charge in [-0.1, -0.05) is 24.3 Å². The van der Waals surface area contributed by atoms with Crippen LogP contribution in [0.4, 0.5) is 5.69 Å². The molecule has 2 aliphatic heterocycles. The molecule has 0 saturated heterocycles. The molecule has 0 fully saturated rings. The van der Waals surface area contributed by atoms with Crippen LogP contribution in [0.15, 0.2) is 42.5 Å². The van der Waals surface area contributed by atoms with Crippen molar-refractivity contribution in [2.45, 2.75) is 18.6 Å². The summed E-state index contributed by atoms with van der Waals surface area (Å²) < 4.78 is 16.6. The van der Waals surface area contributed by atoms with Crippen molar-refractivity contribution in [3.8, 4) is 11.5 Å². The predicted octanol–water partition coefficient (Wildman–Crippen LogP) is 3.68. The molecule has 114 valence electrons. The van der Waals surface area contributed by atoms with E-state index >= 15 is 0 Å². The standard InChI is InChI=1S/C18H19NO3/c1-19-14-6-4-3-5-13(14)17(20-2)10-15(19)12-7-8-16-18(9-12)22-11-21-16/h3-9,15,17H,10-11H2,1-2H3/t15?,17-/m0/s1. The van der Waals surface area contributed by atoms with E-state index in [4.69, 9.17) is 14.2 Å². The average molecular weight is 297 g/mol. The second-order valence-corrected chi connectivity index (χ2v) is 5.76. The SMILES string of the molecule is CO[C@H]1CC(c2ccc3c(c2)OCO3)N(C)c2ccccc21. The molecule has 0 spiro atoms. The molecule has 2 heterocycles. The van der Waals surface area contributed by atoms with Gasteiger partial charge in [0.15, 0.2) is 11.5 Å². The fourth-order valence-corrected chi connectivity index (χ4v) is 3.44. The average Bonchev–Trinajstić information content (AvgIpc) is 3.03. The van der Waals surface area contributed by atoms with Gasteiger partial charge < -0.3 is 19.1 Å². The van der Waals surface area contributed by atoms with Crippen LogP contribution < -0.4 is 14.4 Å². The monoisotopic (exact) mass is 297 g/mol. The highest BCUT2D eigenvalue weighted by Gasteiger charge is 2.32. The number of anilines is 1. The highest BCUT2D eigenvalue weighted by atomic mass is 16.7. The van der Waals surface area contributed by atoms with Gasteiger partial charge in [-0.25, -0.2) is 0 Å². The maximum Gasteiger partial charge on any atom is 0.231 e. The van der Waals surface area contributed by atoms with E-state index in [2.05, 4.69) is 48.3 Å². The lowest BCUT2D eigenvalue weighted by Gasteiger charge is -2.40. The number of rotatable bonds is 2. The molecule has 0 aliphatic carbocycles. The van der Waals surface area contributed by atoms with E-state index in [-0.39, 0.29) is 12.1 Å². The Bertz CT molecular complexity index is 700. The van der Waals surface area contributed by atoms with Crippen LogP contribution in [-0.4, -0.2) is 21.0 Å². The third-order valence-corrected chi connectivity index (χ3v) is 4.63. The third-order valence-electron chi connectivity index (χ3n) is 4.63. The van der Waals surface area contributed by atoms with Crippen molar-refractivity contribution in [3.63, 3.8) is 0 Å². The van der Waals surface area contributed by atoms with E-state index in [0.29, 0.717) is 6.79 Å². The minimum absolute atomic E-state index is 0.114. The topological polar surface area (TPSA) is 30.9 Å². The molecule has 22 heavy (non-hydrogen) atoms. The summed E-state index contributed by atoms with van der Waals surface area (Å²) in [6, 6.07) is 14.9. The van der Waals surface area contributed by atoms with Gasteiger partial charge in [0.1, 0.15) is 0 Å². The Morgan fingerprint density at radius 2 is 1.91 bits per heavy atom. The maximum atomic E-state index is 5.73. The molecule has 2 atom stereocenters. The van der Waals surface area contributed by atoms with Gasteiger partial charge in [0.05, 0.1) is 12.1 Å². The zero-order valence-corrected chi connectivity index (χ0v) is 12.8. The number of hydrogen-bond donors (Lipinski definition) is 0. The van der Waals surface area contributed by atoms with E-state index in [9.17, 15) is 0 Å². The van der Waals surface area contributed by atoms with Gasteiger partial charge in [-0.2, -0.15) is 0 Å². The minimum Gasteiger partial charge on any atom is -0.454 e. The molecule has 4 heteroatoms. The molecule has 0 N–H and O–H groups in total. The van der Waals surface area contributed by atoms with Crippen LogP contribution in [0, 0.1) is 0 Å². The summed E-state index contributed by atoms with van der Waals surface area (Å²) in [6.07, 6.45) is 1.03. The van der Waals surface area contributed by atoms with Crippen LogP contribution in [-0.2, 0) is 4.74 Å². The first-order valence-electron chi connectivity index (χ1n) is 7.52. The van der Waals surface area contributed by atoms with Crippen molar-refractivity contribution < 1.29 is 14.2 Å². The molecule has 2 aliphatic rings.